The van der Waals surface area contributed by atoms with E-state index in [1.54, 1.807) is 12.1 Å². The zero-order chi connectivity index (χ0) is 18.0. The summed E-state index contributed by atoms with van der Waals surface area (Å²) in [6.07, 6.45) is 0.254. The van der Waals surface area contributed by atoms with Gasteiger partial charge in [-0.3, -0.25) is 4.79 Å². The van der Waals surface area contributed by atoms with Crippen LogP contribution in [0.1, 0.15) is 11.3 Å². The molecule has 0 aliphatic heterocycles. The fourth-order valence-corrected chi connectivity index (χ4v) is 3.11. The lowest BCUT2D eigenvalue weighted by molar-refractivity contribution is -0.115. The molecule has 6 heteroatoms. The topological polar surface area (TPSA) is 63.3 Å². The lowest BCUT2D eigenvalue weighted by Crippen LogP contribution is -2.15. The molecule has 2 aromatic carbocycles. The first kappa shape index (κ1) is 17.2. The minimum atomic E-state index is -0.143. The van der Waals surface area contributed by atoms with E-state index in [0.717, 1.165) is 22.2 Å². The lowest BCUT2D eigenvalue weighted by atomic mass is 10.1. The second kappa shape index (κ2) is 7.07. The van der Waals surface area contributed by atoms with Crippen LogP contribution >= 0.6 is 11.6 Å². The number of hydrogen-bond donors (Lipinski definition) is 2. The number of carbonyl (C=O) groups is 1. The summed E-state index contributed by atoms with van der Waals surface area (Å²) in [5.74, 6) is 0.811. The first-order valence-corrected chi connectivity index (χ1v) is 8.18. The first-order valence-electron chi connectivity index (χ1n) is 7.81. The summed E-state index contributed by atoms with van der Waals surface area (Å²) < 4.78 is 10.5. The Labute approximate surface area is 150 Å². The number of para-hydroxylation sites is 1. The minimum absolute atomic E-state index is 0.143. The van der Waals surface area contributed by atoms with Crippen LogP contribution in [0.15, 0.2) is 36.4 Å². The van der Waals surface area contributed by atoms with Gasteiger partial charge in [-0.15, -0.1) is 0 Å². The number of H-pyrrole nitrogens is 1. The summed E-state index contributed by atoms with van der Waals surface area (Å²) in [7, 11) is 3.05. The maximum atomic E-state index is 12.6. The van der Waals surface area contributed by atoms with Crippen LogP contribution < -0.4 is 14.8 Å². The maximum Gasteiger partial charge on any atom is 0.228 e. The number of nitrogens with one attached hydrogen (secondary N) is 2. The summed E-state index contributed by atoms with van der Waals surface area (Å²) in [4.78, 5) is 15.9. The number of rotatable bonds is 5. The monoisotopic (exact) mass is 358 g/mol. The van der Waals surface area contributed by atoms with Crippen LogP contribution in [0.2, 0.25) is 5.02 Å². The predicted molar refractivity (Wildman–Crippen MR) is 99.9 cm³/mol. The summed E-state index contributed by atoms with van der Waals surface area (Å²) in [6, 6.07) is 11.2. The van der Waals surface area contributed by atoms with Gasteiger partial charge in [-0.1, -0.05) is 29.8 Å². The standard InChI is InChI=1S/C19H19ClN2O3/c1-11-13(12-6-4-5-7-15(12)21-11)8-19(23)22-16-10-17(24-2)14(20)9-18(16)25-3/h4-7,9-10,21H,8H2,1-3H3,(H,22,23). The molecule has 3 aromatic rings. The molecular formula is C19H19ClN2O3. The fourth-order valence-electron chi connectivity index (χ4n) is 2.88. The molecular weight excluding hydrogens is 340 g/mol. The predicted octanol–water partition coefficient (Wildman–Crippen LogP) is 4.33. The van der Waals surface area contributed by atoms with Crippen LogP contribution in [0.4, 0.5) is 5.69 Å². The molecule has 0 aliphatic rings. The van der Waals surface area contributed by atoms with Crippen molar-refractivity contribution < 1.29 is 14.3 Å². The van der Waals surface area contributed by atoms with E-state index in [0.29, 0.717) is 22.2 Å². The normalized spacial score (nSPS) is 10.7. The van der Waals surface area contributed by atoms with E-state index in [1.807, 2.05) is 31.2 Å². The highest BCUT2D eigenvalue weighted by Gasteiger charge is 2.16. The number of amides is 1. The number of aromatic amines is 1. The van der Waals surface area contributed by atoms with Crippen molar-refractivity contribution in [2.45, 2.75) is 13.3 Å². The number of hydrogen-bond acceptors (Lipinski definition) is 3. The number of ether oxygens (including phenoxy) is 2. The number of carbonyl (C=O) groups excluding carboxylic acids is 1. The van der Waals surface area contributed by atoms with Gasteiger partial charge < -0.3 is 19.8 Å². The van der Waals surface area contributed by atoms with Crippen molar-refractivity contribution in [2.75, 3.05) is 19.5 Å². The second-order valence-corrected chi connectivity index (χ2v) is 6.09. The van der Waals surface area contributed by atoms with Gasteiger partial charge in [-0.25, -0.2) is 0 Å². The lowest BCUT2D eigenvalue weighted by Gasteiger charge is -2.13. The van der Waals surface area contributed by atoms with Crippen molar-refractivity contribution in [3.8, 4) is 11.5 Å². The van der Waals surface area contributed by atoms with E-state index < -0.39 is 0 Å². The molecule has 2 N–H and O–H groups in total. The Morgan fingerprint density at radius 2 is 1.88 bits per heavy atom. The van der Waals surface area contributed by atoms with Crippen molar-refractivity contribution in [3.05, 3.63) is 52.7 Å². The highest BCUT2D eigenvalue weighted by Crippen LogP contribution is 2.36. The van der Waals surface area contributed by atoms with Crippen molar-refractivity contribution in [3.63, 3.8) is 0 Å². The van der Waals surface area contributed by atoms with Gasteiger partial charge in [0.25, 0.3) is 0 Å². The average molecular weight is 359 g/mol. The van der Waals surface area contributed by atoms with Crippen LogP contribution in [-0.4, -0.2) is 25.1 Å². The van der Waals surface area contributed by atoms with Gasteiger partial charge in [0, 0.05) is 28.7 Å². The molecule has 5 nitrogen and oxygen atoms in total. The van der Waals surface area contributed by atoms with Crippen molar-refractivity contribution in [1.82, 2.24) is 4.98 Å². The second-order valence-electron chi connectivity index (χ2n) is 5.69. The molecule has 0 spiro atoms. The Morgan fingerprint density at radius 3 is 2.60 bits per heavy atom. The van der Waals surface area contributed by atoms with Crippen molar-refractivity contribution >= 4 is 34.1 Å². The fraction of sp³-hybridized carbons (Fsp3) is 0.211. The van der Waals surface area contributed by atoms with Crippen LogP contribution in [0.25, 0.3) is 10.9 Å². The Kier molecular flexibility index (Phi) is 4.86. The van der Waals surface area contributed by atoms with Gasteiger partial charge in [0.2, 0.25) is 5.91 Å². The van der Waals surface area contributed by atoms with E-state index in [4.69, 9.17) is 21.1 Å². The zero-order valence-electron chi connectivity index (χ0n) is 14.3. The van der Waals surface area contributed by atoms with E-state index >= 15 is 0 Å². The summed E-state index contributed by atoms with van der Waals surface area (Å²) in [6.45, 7) is 1.97. The Morgan fingerprint density at radius 1 is 1.16 bits per heavy atom. The number of anilines is 1. The highest BCUT2D eigenvalue weighted by atomic mass is 35.5. The summed E-state index contributed by atoms with van der Waals surface area (Å²) in [5, 5.41) is 4.35. The van der Waals surface area contributed by atoms with Crippen LogP contribution in [0, 0.1) is 6.92 Å². The molecule has 0 atom stereocenters. The molecule has 0 saturated carbocycles. The molecule has 130 valence electrons. The number of methoxy groups -OCH3 is 2. The Bertz CT molecular complexity index is 934. The number of fused-ring (bicyclic) bond motifs is 1. The van der Waals surface area contributed by atoms with Gasteiger partial charge >= 0.3 is 0 Å². The highest BCUT2D eigenvalue weighted by molar-refractivity contribution is 6.32. The van der Waals surface area contributed by atoms with Gasteiger partial charge in [-0.05, 0) is 18.6 Å². The van der Waals surface area contributed by atoms with Gasteiger partial charge in [-0.2, -0.15) is 0 Å². The Hall–Kier alpha value is -2.66. The molecule has 1 amide bonds. The third-order valence-corrected chi connectivity index (χ3v) is 4.41. The van der Waals surface area contributed by atoms with Gasteiger partial charge in [0.15, 0.2) is 0 Å². The molecule has 1 heterocycles. The first-order chi connectivity index (χ1) is 12.0. The van der Waals surface area contributed by atoms with Gasteiger partial charge in [0.05, 0.1) is 31.4 Å². The molecule has 0 bridgehead atoms. The molecule has 25 heavy (non-hydrogen) atoms. The molecule has 0 radical (unpaired) electrons. The quantitative estimate of drug-likeness (QED) is 0.713. The largest absolute Gasteiger partial charge is 0.495 e. The number of benzene rings is 2. The van der Waals surface area contributed by atoms with Crippen LogP contribution in [0.3, 0.4) is 0 Å². The van der Waals surface area contributed by atoms with E-state index in [2.05, 4.69) is 10.3 Å². The number of halogens is 1. The maximum absolute atomic E-state index is 12.6. The molecule has 0 fully saturated rings. The SMILES string of the molecule is COc1cc(NC(=O)Cc2c(C)[nH]c3ccccc23)c(OC)cc1Cl. The molecule has 3 rings (SSSR count). The van der Waals surface area contributed by atoms with E-state index in [9.17, 15) is 4.79 Å². The van der Waals surface area contributed by atoms with E-state index in [1.165, 1.54) is 14.2 Å². The van der Waals surface area contributed by atoms with Crippen molar-refractivity contribution in [1.29, 1.82) is 0 Å². The molecule has 1 aromatic heterocycles. The van der Waals surface area contributed by atoms with Crippen molar-refractivity contribution in [2.24, 2.45) is 0 Å². The van der Waals surface area contributed by atoms with Crippen LogP contribution in [-0.2, 0) is 11.2 Å². The smallest absolute Gasteiger partial charge is 0.228 e. The van der Waals surface area contributed by atoms with Crippen LogP contribution in [0.5, 0.6) is 11.5 Å². The minimum Gasteiger partial charge on any atom is -0.495 e. The average Bonchev–Trinajstić information content (AvgIpc) is 2.91. The summed E-state index contributed by atoms with van der Waals surface area (Å²) >= 11 is 6.10. The number of aromatic nitrogens is 1. The summed E-state index contributed by atoms with van der Waals surface area (Å²) in [5.41, 5.74) is 3.50. The molecule has 0 saturated heterocycles. The molecule has 0 aliphatic carbocycles. The Balaban J connectivity index is 1.86. The molecule has 0 unspecified atom stereocenters. The van der Waals surface area contributed by atoms with Gasteiger partial charge in [0.1, 0.15) is 11.5 Å². The zero-order valence-corrected chi connectivity index (χ0v) is 15.0. The third-order valence-electron chi connectivity index (χ3n) is 4.11. The third kappa shape index (κ3) is 3.42. The van der Waals surface area contributed by atoms with E-state index in [-0.39, 0.29) is 12.3 Å². The number of aryl methyl sites for hydroxylation is 1.